The molecule has 0 aliphatic carbocycles. The SMILES string of the molecule is C=C(C)OC(CC(C)(C)C(C)(C)CCC(C)(C)C)C(C)(C)C. The monoisotopic (exact) mass is 310 g/mol. The Labute approximate surface area is 140 Å². The molecule has 22 heavy (non-hydrogen) atoms. The Bertz CT molecular complexity index is 360. The first kappa shape index (κ1) is 21.5. The van der Waals surface area contributed by atoms with Gasteiger partial charge in [-0.1, -0.05) is 75.8 Å². The van der Waals surface area contributed by atoms with Crippen molar-refractivity contribution < 1.29 is 4.74 Å². The zero-order chi connectivity index (χ0) is 18.0. The molecule has 1 unspecified atom stereocenters. The van der Waals surface area contributed by atoms with Crippen LogP contribution < -0.4 is 0 Å². The molecule has 0 aromatic heterocycles. The molecule has 0 bridgehead atoms. The summed E-state index contributed by atoms with van der Waals surface area (Å²) in [4.78, 5) is 0. The van der Waals surface area contributed by atoms with E-state index in [1.54, 1.807) is 0 Å². The molecule has 0 spiro atoms. The van der Waals surface area contributed by atoms with Crippen LogP contribution in [0.2, 0.25) is 0 Å². The molecule has 1 heteroatoms. The predicted octanol–water partition coefficient (Wildman–Crippen LogP) is 7.22. The number of ether oxygens (including phenoxy) is 1. The molecule has 0 aliphatic rings. The zero-order valence-corrected chi connectivity index (χ0v) is 17.3. The van der Waals surface area contributed by atoms with Gasteiger partial charge in [0.2, 0.25) is 0 Å². The third-order valence-electron chi connectivity index (χ3n) is 5.34. The largest absolute Gasteiger partial charge is 0.495 e. The van der Waals surface area contributed by atoms with Crippen molar-refractivity contribution in [3.63, 3.8) is 0 Å². The fraction of sp³-hybridized carbons (Fsp3) is 0.905. The average Bonchev–Trinajstić information content (AvgIpc) is 2.22. The summed E-state index contributed by atoms with van der Waals surface area (Å²) in [6.07, 6.45) is 3.76. The van der Waals surface area contributed by atoms with Gasteiger partial charge in [0.25, 0.3) is 0 Å². The second kappa shape index (κ2) is 6.97. The standard InChI is InChI=1S/C21H42O/c1-16(2)22-17(19(6,7)8)15-21(11,12)20(9,10)14-13-18(3,4)5/h17H,1,13-15H2,2-12H3. The van der Waals surface area contributed by atoms with Gasteiger partial charge in [-0.25, -0.2) is 0 Å². The van der Waals surface area contributed by atoms with Crippen LogP contribution in [0.1, 0.15) is 95.4 Å². The fourth-order valence-electron chi connectivity index (χ4n) is 2.53. The van der Waals surface area contributed by atoms with Crippen LogP contribution in [-0.4, -0.2) is 6.10 Å². The molecule has 0 saturated heterocycles. The molecule has 132 valence electrons. The predicted molar refractivity (Wildman–Crippen MR) is 100 cm³/mol. The van der Waals surface area contributed by atoms with Gasteiger partial charge in [0.05, 0.1) is 5.76 Å². The normalized spacial score (nSPS) is 15.6. The van der Waals surface area contributed by atoms with E-state index in [0.717, 1.165) is 12.2 Å². The summed E-state index contributed by atoms with van der Waals surface area (Å²) in [6, 6.07) is 0. The van der Waals surface area contributed by atoms with Gasteiger partial charge in [-0.2, -0.15) is 0 Å². The number of hydrogen-bond acceptors (Lipinski definition) is 1. The lowest BCUT2D eigenvalue weighted by atomic mass is 9.60. The minimum absolute atomic E-state index is 0.121. The van der Waals surface area contributed by atoms with Crippen LogP contribution in [0.5, 0.6) is 0 Å². The smallest absolute Gasteiger partial charge is 0.103 e. The Morgan fingerprint density at radius 3 is 1.59 bits per heavy atom. The van der Waals surface area contributed by atoms with Crippen LogP contribution in [-0.2, 0) is 4.74 Å². The maximum atomic E-state index is 6.10. The maximum Gasteiger partial charge on any atom is 0.103 e. The van der Waals surface area contributed by atoms with E-state index in [2.05, 4.69) is 75.8 Å². The van der Waals surface area contributed by atoms with Gasteiger partial charge >= 0.3 is 0 Å². The number of allylic oxidation sites excluding steroid dienone is 1. The van der Waals surface area contributed by atoms with Crippen molar-refractivity contribution in [1.82, 2.24) is 0 Å². The van der Waals surface area contributed by atoms with E-state index in [-0.39, 0.29) is 22.3 Å². The van der Waals surface area contributed by atoms with Crippen molar-refractivity contribution in [2.45, 2.75) is 102 Å². The molecule has 0 aromatic carbocycles. The molecule has 0 saturated carbocycles. The first-order valence-corrected chi connectivity index (χ1v) is 8.80. The molecule has 1 nitrogen and oxygen atoms in total. The molecule has 0 aliphatic heterocycles. The van der Waals surface area contributed by atoms with Crippen LogP contribution in [0.15, 0.2) is 12.3 Å². The topological polar surface area (TPSA) is 9.23 Å². The van der Waals surface area contributed by atoms with Gasteiger partial charge in [0.1, 0.15) is 6.10 Å². The highest BCUT2D eigenvalue weighted by atomic mass is 16.5. The van der Waals surface area contributed by atoms with Crippen LogP contribution in [0.3, 0.4) is 0 Å². The molecule has 0 N–H and O–H groups in total. The van der Waals surface area contributed by atoms with E-state index < -0.39 is 0 Å². The molecule has 1 atom stereocenters. The lowest BCUT2D eigenvalue weighted by Gasteiger charge is -2.47. The number of hydrogen-bond donors (Lipinski definition) is 0. The molecular formula is C21H42O. The Kier molecular flexibility index (Phi) is 6.83. The third-order valence-corrected chi connectivity index (χ3v) is 5.34. The maximum absolute atomic E-state index is 6.10. The van der Waals surface area contributed by atoms with E-state index in [0.29, 0.717) is 5.41 Å². The fourth-order valence-corrected chi connectivity index (χ4v) is 2.53. The summed E-state index contributed by atoms with van der Waals surface area (Å²) in [6.45, 7) is 29.3. The minimum Gasteiger partial charge on any atom is -0.495 e. The van der Waals surface area contributed by atoms with Gasteiger partial charge in [-0.15, -0.1) is 0 Å². The molecule has 0 fully saturated rings. The molecule has 0 rings (SSSR count). The van der Waals surface area contributed by atoms with Crippen molar-refractivity contribution >= 4 is 0 Å². The molecule has 0 heterocycles. The Hall–Kier alpha value is -0.460. The van der Waals surface area contributed by atoms with Crippen LogP contribution in [0.25, 0.3) is 0 Å². The van der Waals surface area contributed by atoms with Crippen LogP contribution >= 0.6 is 0 Å². The summed E-state index contributed by atoms with van der Waals surface area (Å²) >= 11 is 0. The third kappa shape index (κ3) is 7.20. The lowest BCUT2D eigenvalue weighted by Crippen LogP contribution is -2.41. The van der Waals surface area contributed by atoms with Crippen molar-refractivity contribution in [3.05, 3.63) is 12.3 Å². The van der Waals surface area contributed by atoms with E-state index in [1.165, 1.54) is 12.8 Å². The van der Waals surface area contributed by atoms with Crippen molar-refractivity contribution in [1.29, 1.82) is 0 Å². The van der Waals surface area contributed by atoms with Crippen LogP contribution in [0.4, 0.5) is 0 Å². The second-order valence-electron chi connectivity index (χ2n) is 10.7. The zero-order valence-electron chi connectivity index (χ0n) is 17.3. The Morgan fingerprint density at radius 2 is 1.27 bits per heavy atom. The van der Waals surface area contributed by atoms with Crippen molar-refractivity contribution in [2.24, 2.45) is 21.7 Å². The first-order valence-electron chi connectivity index (χ1n) is 8.80. The highest BCUT2D eigenvalue weighted by Gasteiger charge is 2.42. The molecule has 0 radical (unpaired) electrons. The summed E-state index contributed by atoms with van der Waals surface area (Å²) < 4.78 is 6.10. The molecule has 0 amide bonds. The van der Waals surface area contributed by atoms with Gasteiger partial charge in [0.15, 0.2) is 0 Å². The Balaban J connectivity index is 5.13. The second-order valence-corrected chi connectivity index (χ2v) is 10.7. The van der Waals surface area contributed by atoms with Gasteiger partial charge < -0.3 is 4.74 Å². The van der Waals surface area contributed by atoms with Crippen molar-refractivity contribution in [2.75, 3.05) is 0 Å². The highest BCUT2D eigenvalue weighted by Crippen LogP contribution is 2.49. The summed E-state index contributed by atoms with van der Waals surface area (Å²) in [7, 11) is 0. The number of rotatable bonds is 7. The van der Waals surface area contributed by atoms with Gasteiger partial charge in [0, 0.05) is 0 Å². The van der Waals surface area contributed by atoms with E-state index in [4.69, 9.17) is 4.74 Å². The average molecular weight is 311 g/mol. The van der Waals surface area contributed by atoms with Gasteiger partial charge in [-0.3, -0.25) is 0 Å². The van der Waals surface area contributed by atoms with E-state index >= 15 is 0 Å². The van der Waals surface area contributed by atoms with E-state index in [1.807, 2.05) is 6.92 Å². The summed E-state index contributed by atoms with van der Waals surface area (Å²) in [5, 5.41) is 0. The minimum atomic E-state index is 0.121. The molecular weight excluding hydrogens is 268 g/mol. The summed E-state index contributed by atoms with van der Waals surface area (Å²) in [5.74, 6) is 0.822. The Morgan fingerprint density at radius 1 is 0.818 bits per heavy atom. The summed E-state index contributed by atoms with van der Waals surface area (Å²) in [5.41, 5.74) is 1.01. The van der Waals surface area contributed by atoms with Crippen LogP contribution in [0, 0.1) is 21.7 Å². The molecule has 0 aromatic rings. The quantitative estimate of drug-likeness (QED) is 0.451. The lowest BCUT2D eigenvalue weighted by molar-refractivity contribution is -0.0390. The highest BCUT2D eigenvalue weighted by molar-refractivity contribution is 4.93. The van der Waals surface area contributed by atoms with Gasteiger partial charge in [-0.05, 0) is 47.8 Å². The van der Waals surface area contributed by atoms with E-state index in [9.17, 15) is 0 Å². The van der Waals surface area contributed by atoms with Crippen molar-refractivity contribution in [3.8, 4) is 0 Å². The first-order chi connectivity index (χ1) is 9.48.